The topological polar surface area (TPSA) is 12.0 Å². The second-order valence-electron chi connectivity index (χ2n) is 4.19. The van der Waals surface area contributed by atoms with Crippen LogP contribution in [0.4, 0.5) is 4.39 Å². The molecule has 2 aromatic carbocycles. The molecule has 0 saturated heterocycles. The highest BCUT2D eigenvalue weighted by atomic mass is 35.5. The van der Waals surface area contributed by atoms with Crippen molar-refractivity contribution in [1.29, 1.82) is 0 Å². The van der Waals surface area contributed by atoms with Crippen LogP contribution >= 0.6 is 23.2 Å². The SMILES string of the molecule is CCNC(c1ccc(F)c(Cl)c1)c1ccccc1Cl. The molecule has 0 spiro atoms. The molecule has 1 atom stereocenters. The van der Waals surface area contributed by atoms with Crippen LogP contribution in [0, 0.1) is 5.82 Å². The van der Waals surface area contributed by atoms with Gasteiger partial charge in [0.15, 0.2) is 0 Å². The van der Waals surface area contributed by atoms with Gasteiger partial charge in [0.05, 0.1) is 11.1 Å². The molecule has 1 nitrogen and oxygen atoms in total. The van der Waals surface area contributed by atoms with Gasteiger partial charge in [-0.05, 0) is 35.9 Å². The van der Waals surface area contributed by atoms with Crippen molar-refractivity contribution in [3.8, 4) is 0 Å². The van der Waals surface area contributed by atoms with Gasteiger partial charge >= 0.3 is 0 Å². The zero-order valence-electron chi connectivity index (χ0n) is 10.5. The van der Waals surface area contributed by atoms with Crippen LogP contribution in [0.1, 0.15) is 24.1 Å². The van der Waals surface area contributed by atoms with Crippen LogP contribution in [0.15, 0.2) is 42.5 Å². The minimum atomic E-state index is -0.417. The zero-order chi connectivity index (χ0) is 13.8. The molecule has 0 aliphatic heterocycles. The first kappa shape index (κ1) is 14.3. The molecule has 0 radical (unpaired) electrons. The molecule has 0 amide bonds. The lowest BCUT2D eigenvalue weighted by Gasteiger charge is -2.20. The van der Waals surface area contributed by atoms with Gasteiger partial charge in [0, 0.05) is 5.02 Å². The van der Waals surface area contributed by atoms with Crippen LogP contribution in [0.2, 0.25) is 10.0 Å². The Balaban J connectivity index is 2.45. The maximum atomic E-state index is 13.3. The van der Waals surface area contributed by atoms with Crippen molar-refractivity contribution < 1.29 is 4.39 Å². The molecule has 0 bridgehead atoms. The van der Waals surface area contributed by atoms with E-state index in [-0.39, 0.29) is 11.1 Å². The average Bonchev–Trinajstić information content (AvgIpc) is 2.40. The van der Waals surface area contributed by atoms with Gasteiger partial charge in [0.25, 0.3) is 0 Å². The van der Waals surface area contributed by atoms with E-state index >= 15 is 0 Å². The standard InChI is InChI=1S/C15H14Cl2FN/c1-2-19-15(11-5-3-4-6-12(11)16)10-7-8-14(18)13(17)9-10/h3-9,15,19H,2H2,1H3. The summed E-state index contributed by atoms with van der Waals surface area (Å²) in [5.74, 6) is -0.417. The van der Waals surface area contributed by atoms with Crippen molar-refractivity contribution in [2.24, 2.45) is 0 Å². The van der Waals surface area contributed by atoms with Gasteiger partial charge in [-0.3, -0.25) is 0 Å². The Morgan fingerprint density at radius 1 is 1.11 bits per heavy atom. The van der Waals surface area contributed by atoms with E-state index in [1.54, 1.807) is 12.1 Å². The summed E-state index contributed by atoms with van der Waals surface area (Å²) >= 11 is 12.1. The van der Waals surface area contributed by atoms with E-state index in [2.05, 4.69) is 5.32 Å². The number of hydrogen-bond acceptors (Lipinski definition) is 1. The Hall–Kier alpha value is -1.09. The van der Waals surface area contributed by atoms with E-state index in [1.165, 1.54) is 6.07 Å². The lowest BCUT2D eigenvalue weighted by atomic mass is 9.98. The van der Waals surface area contributed by atoms with E-state index in [1.807, 2.05) is 31.2 Å². The van der Waals surface area contributed by atoms with Crippen molar-refractivity contribution in [2.45, 2.75) is 13.0 Å². The Kier molecular flexibility index (Phi) is 4.81. The highest BCUT2D eigenvalue weighted by molar-refractivity contribution is 6.31. The number of halogens is 3. The summed E-state index contributed by atoms with van der Waals surface area (Å²) in [5.41, 5.74) is 1.84. The Labute approximate surface area is 122 Å². The molecule has 19 heavy (non-hydrogen) atoms. The van der Waals surface area contributed by atoms with Crippen LogP contribution in [0.25, 0.3) is 0 Å². The van der Waals surface area contributed by atoms with Crippen molar-refractivity contribution in [3.05, 3.63) is 69.5 Å². The highest BCUT2D eigenvalue weighted by Crippen LogP contribution is 2.30. The first-order valence-electron chi connectivity index (χ1n) is 6.06. The molecule has 2 rings (SSSR count). The van der Waals surface area contributed by atoms with E-state index in [0.29, 0.717) is 5.02 Å². The lowest BCUT2D eigenvalue weighted by Crippen LogP contribution is -2.22. The molecule has 0 aromatic heterocycles. The fraction of sp³-hybridized carbons (Fsp3) is 0.200. The van der Waals surface area contributed by atoms with Crippen LogP contribution < -0.4 is 5.32 Å². The fourth-order valence-corrected chi connectivity index (χ4v) is 2.45. The third kappa shape index (κ3) is 3.27. The number of hydrogen-bond donors (Lipinski definition) is 1. The van der Waals surface area contributed by atoms with Crippen molar-refractivity contribution in [1.82, 2.24) is 5.32 Å². The smallest absolute Gasteiger partial charge is 0.141 e. The first-order chi connectivity index (χ1) is 9.13. The summed E-state index contributed by atoms with van der Waals surface area (Å²) < 4.78 is 13.3. The molecule has 100 valence electrons. The normalized spacial score (nSPS) is 12.4. The van der Waals surface area contributed by atoms with Crippen LogP contribution in [0.5, 0.6) is 0 Å². The molecule has 0 fully saturated rings. The van der Waals surface area contributed by atoms with E-state index in [9.17, 15) is 4.39 Å². The summed E-state index contributed by atoms with van der Waals surface area (Å²) in [7, 11) is 0. The molecule has 0 aliphatic carbocycles. The summed E-state index contributed by atoms with van der Waals surface area (Å²) in [4.78, 5) is 0. The minimum absolute atomic E-state index is 0.100. The Morgan fingerprint density at radius 3 is 2.47 bits per heavy atom. The van der Waals surface area contributed by atoms with Gasteiger partial charge < -0.3 is 5.32 Å². The molecule has 1 N–H and O–H groups in total. The summed E-state index contributed by atoms with van der Waals surface area (Å²) in [6.45, 7) is 2.78. The van der Waals surface area contributed by atoms with E-state index in [0.717, 1.165) is 17.7 Å². The average molecular weight is 298 g/mol. The van der Waals surface area contributed by atoms with Crippen molar-refractivity contribution in [3.63, 3.8) is 0 Å². The van der Waals surface area contributed by atoms with Gasteiger partial charge in [-0.2, -0.15) is 0 Å². The Morgan fingerprint density at radius 2 is 1.84 bits per heavy atom. The molecule has 1 unspecified atom stereocenters. The molecule has 2 aromatic rings. The number of benzene rings is 2. The Bertz CT molecular complexity index is 572. The molecule has 4 heteroatoms. The van der Waals surface area contributed by atoms with Crippen molar-refractivity contribution in [2.75, 3.05) is 6.54 Å². The maximum absolute atomic E-state index is 13.3. The molecule has 0 heterocycles. The third-order valence-corrected chi connectivity index (χ3v) is 3.54. The first-order valence-corrected chi connectivity index (χ1v) is 6.81. The van der Waals surface area contributed by atoms with Crippen LogP contribution in [-0.4, -0.2) is 6.54 Å². The van der Waals surface area contributed by atoms with Gasteiger partial charge in [-0.1, -0.05) is 54.4 Å². The predicted octanol–water partition coefficient (Wildman–Crippen LogP) is 4.83. The number of rotatable bonds is 4. The maximum Gasteiger partial charge on any atom is 0.141 e. The summed E-state index contributed by atoms with van der Waals surface area (Å²) in [5, 5.41) is 4.13. The summed E-state index contributed by atoms with van der Waals surface area (Å²) in [6, 6.07) is 12.2. The third-order valence-electron chi connectivity index (χ3n) is 2.90. The second-order valence-corrected chi connectivity index (χ2v) is 5.00. The van der Waals surface area contributed by atoms with Crippen molar-refractivity contribution >= 4 is 23.2 Å². The molecular formula is C15H14Cl2FN. The molecule has 0 saturated carbocycles. The van der Waals surface area contributed by atoms with Gasteiger partial charge in [-0.15, -0.1) is 0 Å². The van der Waals surface area contributed by atoms with Gasteiger partial charge in [0.1, 0.15) is 5.82 Å². The predicted molar refractivity (Wildman–Crippen MR) is 78.4 cm³/mol. The zero-order valence-corrected chi connectivity index (χ0v) is 12.0. The fourth-order valence-electron chi connectivity index (χ4n) is 2.01. The van der Waals surface area contributed by atoms with E-state index < -0.39 is 5.82 Å². The van der Waals surface area contributed by atoms with Crippen LogP contribution in [-0.2, 0) is 0 Å². The molecule has 0 aliphatic rings. The summed E-state index contributed by atoms with van der Waals surface area (Å²) in [6.07, 6.45) is 0. The lowest BCUT2D eigenvalue weighted by molar-refractivity contribution is 0.614. The quantitative estimate of drug-likeness (QED) is 0.852. The molecular weight excluding hydrogens is 284 g/mol. The highest BCUT2D eigenvalue weighted by Gasteiger charge is 2.16. The number of nitrogens with one attached hydrogen (secondary N) is 1. The largest absolute Gasteiger partial charge is 0.306 e. The second kappa shape index (κ2) is 6.38. The minimum Gasteiger partial charge on any atom is -0.306 e. The monoisotopic (exact) mass is 297 g/mol. The van der Waals surface area contributed by atoms with Gasteiger partial charge in [0.2, 0.25) is 0 Å². The van der Waals surface area contributed by atoms with Crippen LogP contribution in [0.3, 0.4) is 0 Å². The van der Waals surface area contributed by atoms with Gasteiger partial charge in [-0.25, -0.2) is 4.39 Å². The van der Waals surface area contributed by atoms with E-state index in [4.69, 9.17) is 23.2 Å².